The van der Waals surface area contributed by atoms with Crippen molar-refractivity contribution in [3.8, 4) is 23.0 Å². The predicted octanol–water partition coefficient (Wildman–Crippen LogP) is 2.37. The first-order valence-corrected chi connectivity index (χ1v) is 9.00. The minimum atomic E-state index is -0.455. The standard InChI is InChI=1S/C22H20N2O6/c25-17-5-15(6-18(26)9-17)21(29)23-11-13-2-1-3-14(4-13)12-24-22(30)16-7-19(27)10-20(28)8-16/h1-10,25-28H,11-12H2,(H,23,29)(H,24,30). The fourth-order valence-corrected chi connectivity index (χ4v) is 2.87. The minimum Gasteiger partial charge on any atom is -0.508 e. The Bertz CT molecular complexity index is 973. The zero-order valence-corrected chi connectivity index (χ0v) is 15.8. The van der Waals surface area contributed by atoms with Crippen LogP contribution >= 0.6 is 0 Å². The molecule has 8 heteroatoms. The number of rotatable bonds is 6. The number of hydrogen-bond acceptors (Lipinski definition) is 6. The van der Waals surface area contributed by atoms with E-state index in [4.69, 9.17) is 0 Å². The first-order chi connectivity index (χ1) is 14.3. The Morgan fingerprint density at radius 3 is 1.33 bits per heavy atom. The van der Waals surface area contributed by atoms with Gasteiger partial charge in [0.05, 0.1) is 0 Å². The number of phenols is 4. The Morgan fingerprint density at radius 2 is 0.967 bits per heavy atom. The monoisotopic (exact) mass is 408 g/mol. The zero-order valence-electron chi connectivity index (χ0n) is 15.8. The Morgan fingerprint density at radius 1 is 0.600 bits per heavy atom. The van der Waals surface area contributed by atoms with Crippen molar-refractivity contribution in [2.75, 3.05) is 0 Å². The predicted molar refractivity (Wildman–Crippen MR) is 108 cm³/mol. The highest BCUT2D eigenvalue weighted by Crippen LogP contribution is 2.21. The Balaban J connectivity index is 1.59. The van der Waals surface area contributed by atoms with Gasteiger partial charge in [-0.3, -0.25) is 9.59 Å². The van der Waals surface area contributed by atoms with Gasteiger partial charge in [-0.1, -0.05) is 24.3 Å². The van der Waals surface area contributed by atoms with Crippen molar-refractivity contribution in [2.24, 2.45) is 0 Å². The second-order valence-corrected chi connectivity index (χ2v) is 6.66. The average Bonchev–Trinajstić information content (AvgIpc) is 2.69. The molecular formula is C22H20N2O6. The van der Waals surface area contributed by atoms with Crippen molar-refractivity contribution >= 4 is 11.8 Å². The normalized spacial score (nSPS) is 10.4. The second-order valence-electron chi connectivity index (χ2n) is 6.66. The van der Waals surface area contributed by atoms with Gasteiger partial charge in [0.25, 0.3) is 11.8 Å². The summed E-state index contributed by atoms with van der Waals surface area (Å²) in [4.78, 5) is 24.4. The number of nitrogens with one attached hydrogen (secondary N) is 2. The van der Waals surface area contributed by atoms with Crippen molar-refractivity contribution in [2.45, 2.75) is 13.1 Å². The molecule has 3 aromatic carbocycles. The Hall–Kier alpha value is -4.20. The van der Waals surface area contributed by atoms with E-state index in [0.29, 0.717) is 0 Å². The van der Waals surface area contributed by atoms with Crippen molar-refractivity contribution < 1.29 is 30.0 Å². The van der Waals surface area contributed by atoms with Crippen molar-refractivity contribution in [3.63, 3.8) is 0 Å². The SMILES string of the molecule is O=C(NCc1cccc(CNC(=O)c2cc(O)cc(O)c2)c1)c1cc(O)cc(O)c1. The quantitative estimate of drug-likeness (QED) is 0.370. The molecule has 0 atom stereocenters. The van der Waals surface area contributed by atoms with Crippen LogP contribution in [-0.2, 0) is 13.1 Å². The van der Waals surface area contributed by atoms with E-state index < -0.39 is 11.8 Å². The van der Waals surface area contributed by atoms with Gasteiger partial charge in [-0.2, -0.15) is 0 Å². The van der Waals surface area contributed by atoms with E-state index in [1.807, 2.05) is 0 Å². The molecule has 3 rings (SSSR count). The van der Waals surface area contributed by atoms with Gasteiger partial charge in [0.15, 0.2) is 0 Å². The van der Waals surface area contributed by atoms with Gasteiger partial charge in [0.1, 0.15) is 23.0 Å². The second kappa shape index (κ2) is 8.87. The molecule has 6 N–H and O–H groups in total. The number of amides is 2. The number of carbonyl (C=O) groups is 2. The van der Waals surface area contributed by atoms with Crippen molar-refractivity contribution in [3.05, 3.63) is 82.9 Å². The molecule has 0 heterocycles. The molecule has 0 fully saturated rings. The number of benzene rings is 3. The van der Waals surface area contributed by atoms with E-state index in [1.165, 1.54) is 24.3 Å². The average molecular weight is 408 g/mol. The van der Waals surface area contributed by atoms with Gasteiger partial charge in [-0.05, 0) is 35.4 Å². The van der Waals surface area contributed by atoms with E-state index in [0.717, 1.165) is 23.3 Å². The molecule has 0 spiro atoms. The molecule has 0 aromatic heterocycles. The lowest BCUT2D eigenvalue weighted by atomic mass is 10.1. The van der Waals surface area contributed by atoms with E-state index in [1.54, 1.807) is 24.3 Å². The summed E-state index contributed by atoms with van der Waals surface area (Å²) in [7, 11) is 0. The summed E-state index contributed by atoms with van der Waals surface area (Å²) in [6, 6.07) is 14.5. The van der Waals surface area contributed by atoms with E-state index >= 15 is 0 Å². The van der Waals surface area contributed by atoms with Crippen molar-refractivity contribution in [1.29, 1.82) is 0 Å². The van der Waals surface area contributed by atoms with Crippen LogP contribution < -0.4 is 10.6 Å². The number of carbonyl (C=O) groups excluding carboxylic acids is 2. The third-order valence-corrected chi connectivity index (χ3v) is 4.23. The van der Waals surface area contributed by atoms with E-state index in [-0.39, 0.29) is 47.2 Å². The highest BCUT2D eigenvalue weighted by atomic mass is 16.3. The van der Waals surface area contributed by atoms with Crippen LogP contribution in [0.5, 0.6) is 23.0 Å². The van der Waals surface area contributed by atoms with Gasteiger partial charge in [0, 0.05) is 36.3 Å². The molecule has 30 heavy (non-hydrogen) atoms. The minimum absolute atomic E-state index is 0.130. The fourth-order valence-electron chi connectivity index (χ4n) is 2.87. The molecule has 0 saturated carbocycles. The molecule has 0 radical (unpaired) electrons. The lowest BCUT2D eigenvalue weighted by Gasteiger charge is -2.10. The van der Waals surface area contributed by atoms with Gasteiger partial charge in [-0.25, -0.2) is 0 Å². The molecule has 2 amide bonds. The molecule has 0 aliphatic heterocycles. The number of phenolic OH excluding ortho intramolecular Hbond substituents is 4. The van der Waals surface area contributed by atoms with Crippen LogP contribution in [0.1, 0.15) is 31.8 Å². The van der Waals surface area contributed by atoms with E-state index in [2.05, 4.69) is 10.6 Å². The van der Waals surface area contributed by atoms with Gasteiger partial charge < -0.3 is 31.1 Å². The molecule has 0 saturated heterocycles. The smallest absolute Gasteiger partial charge is 0.251 e. The Labute approximate surface area is 172 Å². The van der Waals surface area contributed by atoms with E-state index in [9.17, 15) is 30.0 Å². The lowest BCUT2D eigenvalue weighted by Crippen LogP contribution is -2.24. The highest BCUT2D eigenvalue weighted by molar-refractivity contribution is 5.95. The summed E-state index contributed by atoms with van der Waals surface area (Å²) in [5.74, 6) is -1.75. The largest absolute Gasteiger partial charge is 0.508 e. The first-order valence-electron chi connectivity index (χ1n) is 9.00. The summed E-state index contributed by atoms with van der Waals surface area (Å²) in [5.41, 5.74) is 1.83. The molecular weight excluding hydrogens is 388 g/mol. The topological polar surface area (TPSA) is 139 Å². The third kappa shape index (κ3) is 5.41. The van der Waals surface area contributed by atoms with Gasteiger partial charge in [0.2, 0.25) is 0 Å². The Kier molecular flexibility index (Phi) is 6.07. The summed E-state index contributed by atoms with van der Waals surface area (Å²) < 4.78 is 0. The van der Waals surface area contributed by atoms with Crippen LogP contribution in [0.4, 0.5) is 0 Å². The highest BCUT2D eigenvalue weighted by Gasteiger charge is 2.10. The van der Waals surface area contributed by atoms with Crippen LogP contribution in [0.25, 0.3) is 0 Å². The summed E-state index contributed by atoms with van der Waals surface area (Å²) in [6.07, 6.45) is 0. The fraction of sp³-hybridized carbons (Fsp3) is 0.0909. The molecule has 0 unspecified atom stereocenters. The molecule has 3 aromatic rings. The number of hydrogen-bond donors (Lipinski definition) is 6. The third-order valence-electron chi connectivity index (χ3n) is 4.23. The molecule has 0 aliphatic carbocycles. The van der Waals surface area contributed by atoms with Crippen LogP contribution in [0.2, 0.25) is 0 Å². The summed E-state index contributed by atoms with van der Waals surface area (Å²) >= 11 is 0. The summed E-state index contributed by atoms with van der Waals surface area (Å²) in [5, 5.41) is 43.3. The molecule has 8 nitrogen and oxygen atoms in total. The number of aromatic hydroxyl groups is 4. The van der Waals surface area contributed by atoms with Crippen molar-refractivity contribution in [1.82, 2.24) is 10.6 Å². The maximum absolute atomic E-state index is 12.2. The summed E-state index contributed by atoms with van der Waals surface area (Å²) in [6.45, 7) is 0.412. The maximum Gasteiger partial charge on any atom is 0.251 e. The van der Waals surface area contributed by atoms with Gasteiger partial charge in [-0.15, -0.1) is 0 Å². The molecule has 154 valence electrons. The zero-order chi connectivity index (χ0) is 21.7. The van der Waals surface area contributed by atoms with Crippen LogP contribution in [0.15, 0.2) is 60.7 Å². The molecule has 0 aliphatic rings. The van der Waals surface area contributed by atoms with Crippen LogP contribution in [0.3, 0.4) is 0 Å². The molecule has 0 bridgehead atoms. The maximum atomic E-state index is 12.2. The van der Waals surface area contributed by atoms with Gasteiger partial charge >= 0.3 is 0 Å². The van der Waals surface area contributed by atoms with Crippen LogP contribution in [-0.4, -0.2) is 32.2 Å². The lowest BCUT2D eigenvalue weighted by molar-refractivity contribution is 0.0943. The van der Waals surface area contributed by atoms with Crippen LogP contribution in [0, 0.1) is 0 Å². The first kappa shape index (κ1) is 20.5.